The molecule has 1 nitrogen and oxygen atoms in total. The van der Waals surface area contributed by atoms with E-state index in [4.69, 9.17) is 0 Å². The van der Waals surface area contributed by atoms with Crippen molar-refractivity contribution in [2.45, 2.75) is 84.2 Å². The predicted octanol–water partition coefficient (Wildman–Crippen LogP) is 4.78. The maximum Gasteiger partial charge on any atom is 0.0545 e. The molecule has 1 heteroatoms. The van der Waals surface area contributed by atoms with Gasteiger partial charge in [-0.15, -0.1) is 0 Å². The lowest BCUT2D eigenvalue weighted by atomic mass is 9.82. The van der Waals surface area contributed by atoms with Crippen molar-refractivity contribution in [2.24, 2.45) is 23.7 Å². The second kappa shape index (κ2) is 6.93. The molecule has 0 saturated heterocycles. The van der Waals surface area contributed by atoms with Crippen molar-refractivity contribution >= 4 is 0 Å². The normalized spacial score (nSPS) is 33.8. The molecule has 2 aliphatic carbocycles. The zero-order valence-electron chi connectivity index (χ0n) is 12.4. The van der Waals surface area contributed by atoms with Crippen LogP contribution in [0.15, 0.2) is 0 Å². The minimum absolute atomic E-state index is 0.0174. The van der Waals surface area contributed by atoms with E-state index in [1.807, 2.05) is 0 Å². The van der Waals surface area contributed by atoms with E-state index in [0.29, 0.717) is 0 Å². The molecule has 0 aliphatic heterocycles. The number of fused-ring (bicyclic) bond motifs is 2. The van der Waals surface area contributed by atoms with Crippen LogP contribution in [0.5, 0.6) is 0 Å². The van der Waals surface area contributed by atoms with Gasteiger partial charge in [0.15, 0.2) is 0 Å². The molecule has 2 rings (SSSR count). The van der Waals surface area contributed by atoms with E-state index in [0.717, 1.165) is 36.5 Å². The molecule has 0 radical (unpaired) electrons. The Labute approximate surface area is 113 Å². The van der Waals surface area contributed by atoms with Crippen molar-refractivity contribution in [1.82, 2.24) is 0 Å². The Morgan fingerprint density at radius 3 is 2.56 bits per heavy atom. The molecular weight excluding hydrogens is 220 g/mol. The van der Waals surface area contributed by atoms with E-state index in [1.54, 1.807) is 0 Å². The molecule has 0 aromatic carbocycles. The second-order valence-electron chi connectivity index (χ2n) is 6.98. The van der Waals surface area contributed by atoms with Gasteiger partial charge >= 0.3 is 0 Å². The van der Waals surface area contributed by atoms with Crippen LogP contribution in [0.4, 0.5) is 0 Å². The van der Waals surface area contributed by atoms with E-state index in [1.165, 1.54) is 51.4 Å². The van der Waals surface area contributed by atoms with Gasteiger partial charge in [0.1, 0.15) is 0 Å². The van der Waals surface area contributed by atoms with Crippen molar-refractivity contribution in [1.29, 1.82) is 0 Å². The first-order valence-electron chi connectivity index (χ1n) is 8.40. The fraction of sp³-hybridized carbons (Fsp3) is 1.00. The number of aliphatic hydroxyl groups is 1. The third-order valence-electron chi connectivity index (χ3n) is 5.61. The Bertz CT molecular complexity index is 238. The number of unbranched alkanes of at least 4 members (excludes halogenated alkanes) is 1. The van der Waals surface area contributed by atoms with Gasteiger partial charge < -0.3 is 5.11 Å². The minimum atomic E-state index is -0.0174. The van der Waals surface area contributed by atoms with Crippen molar-refractivity contribution in [3.63, 3.8) is 0 Å². The minimum Gasteiger partial charge on any atom is -0.393 e. The van der Waals surface area contributed by atoms with Gasteiger partial charge in [0, 0.05) is 0 Å². The molecule has 18 heavy (non-hydrogen) atoms. The molecule has 2 bridgehead atoms. The third kappa shape index (κ3) is 3.73. The van der Waals surface area contributed by atoms with Gasteiger partial charge in [0.25, 0.3) is 0 Å². The van der Waals surface area contributed by atoms with Crippen LogP contribution in [0.3, 0.4) is 0 Å². The summed E-state index contributed by atoms with van der Waals surface area (Å²) < 4.78 is 0. The van der Waals surface area contributed by atoms with Gasteiger partial charge in [0.2, 0.25) is 0 Å². The summed E-state index contributed by atoms with van der Waals surface area (Å²) in [5.41, 5.74) is 0. The molecule has 0 aromatic rings. The fourth-order valence-electron chi connectivity index (χ4n) is 4.48. The van der Waals surface area contributed by atoms with E-state index < -0.39 is 0 Å². The predicted molar refractivity (Wildman–Crippen MR) is 77.5 cm³/mol. The topological polar surface area (TPSA) is 20.2 Å². The number of hydrogen-bond donors (Lipinski definition) is 1. The first-order valence-corrected chi connectivity index (χ1v) is 8.40. The standard InChI is InChI=1S/C17H32O/c1-3-5-6-13(4-2)11-17(18)12-16-10-14-7-8-15(16)9-14/h13-18H,3-12H2,1-2H3. The van der Waals surface area contributed by atoms with Crippen LogP contribution in [0.2, 0.25) is 0 Å². The lowest BCUT2D eigenvalue weighted by molar-refractivity contribution is 0.0967. The summed E-state index contributed by atoms with van der Waals surface area (Å²) in [4.78, 5) is 0. The highest BCUT2D eigenvalue weighted by atomic mass is 16.3. The SMILES string of the molecule is CCCCC(CC)CC(O)CC1CC2CCC1C2. The van der Waals surface area contributed by atoms with Crippen molar-refractivity contribution in [3.8, 4) is 0 Å². The van der Waals surface area contributed by atoms with Gasteiger partial charge in [-0.3, -0.25) is 0 Å². The Kier molecular flexibility index (Phi) is 5.54. The number of aliphatic hydroxyl groups excluding tert-OH is 1. The first kappa shape index (κ1) is 14.4. The average Bonchev–Trinajstić information content (AvgIpc) is 2.96. The maximum atomic E-state index is 10.3. The monoisotopic (exact) mass is 252 g/mol. The highest BCUT2D eigenvalue weighted by Crippen LogP contribution is 2.50. The molecule has 0 heterocycles. The van der Waals surface area contributed by atoms with Gasteiger partial charge in [-0.2, -0.15) is 0 Å². The van der Waals surface area contributed by atoms with Gasteiger partial charge in [-0.25, -0.2) is 0 Å². The fourth-order valence-corrected chi connectivity index (χ4v) is 4.48. The van der Waals surface area contributed by atoms with Crippen LogP contribution in [-0.2, 0) is 0 Å². The van der Waals surface area contributed by atoms with Crippen LogP contribution in [0, 0.1) is 23.7 Å². The smallest absolute Gasteiger partial charge is 0.0545 e. The van der Waals surface area contributed by atoms with Gasteiger partial charge in [-0.05, 0) is 55.8 Å². The van der Waals surface area contributed by atoms with Gasteiger partial charge in [0.05, 0.1) is 6.10 Å². The summed E-state index contributed by atoms with van der Waals surface area (Å²) in [6.45, 7) is 4.54. The van der Waals surface area contributed by atoms with Crippen molar-refractivity contribution < 1.29 is 5.11 Å². The lowest BCUT2D eigenvalue weighted by Crippen LogP contribution is -2.21. The van der Waals surface area contributed by atoms with E-state index in [9.17, 15) is 5.11 Å². The van der Waals surface area contributed by atoms with Crippen molar-refractivity contribution in [3.05, 3.63) is 0 Å². The summed E-state index contributed by atoms with van der Waals surface area (Å²) in [5.74, 6) is 3.62. The zero-order valence-corrected chi connectivity index (χ0v) is 12.4. The summed E-state index contributed by atoms with van der Waals surface area (Å²) in [5, 5.41) is 10.3. The molecule has 0 spiro atoms. The largest absolute Gasteiger partial charge is 0.393 e. The second-order valence-corrected chi connectivity index (χ2v) is 6.98. The highest BCUT2D eigenvalue weighted by Gasteiger charge is 2.39. The maximum absolute atomic E-state index is 10.3. The van der Waals surface area contributed by atoms with E-state index in [2.05, 4.69) is 13.8 Å². The van der Waals surface area contributed by atoms with Crippen LogP contribution in [0.1, 0.15) is 78.1 Å². The average molecular weight is 252 g/mol. The Balaban J connectivity index is 1.69. The molecule has 5 atom stereocenters. The van der Waals surface area contributed by atoms with E-state index in [-0.39, 0.29) is 6.10 Å². The molecule has 2 aliphatic rings. The van der Waals surface area contributed by atoms with Crippen LogP contribution in [-0.4, -0.2) is 11.2 Å². The zero-order chi connectivity index (χ0) is 13.0. The van der Waals surface area contributed by atoms with Gasteiger partial charge in [-0.1, -0.05) is 46.0 Å². The van der Waals surface area contributed by atoms with Crippen LogP contribution < -0.4 is 0 Å². The summed E-state index contributed by atoms with van der Waals surface area (Å²) in [6.07, 6.45) is 13.2. The van der Waals surface area contributed by atoms with E-state index >= 15 is 0 Å². The van der Waals surface area contributed by atoms with Crippen molar-refractivity contribution in [2.75, 3.05) is 0 Å². The molecular formula is C17H32O. The Hall–Kier alpha value is -0.0400. The van der Waals surface area contributed by atoms with Crippen LogP contribution in [0.25, 0.3) is 0 Å². The summed E-state index contributed by atoms with van der Waals surface area (Å²) >= 11 is 0. The van der Waals surface area contributed by atoms with Crippen LogP contribution >= 0.6 is 0 Å². The number of hydrogen-bond acceptors (Lipinski definition) is 1. The molecule has 1 N–H and O–H groups in total. The molecule has 106 valence electrons. The molecule has 0 aromatic heterocycles. The first-order chi connectivity index (χ1) is 8.72. The summed E-state index contributed by atoms with van der Waals surface area (Å²) in [6, 6.07) is 0. The summed E-state index contributed by atoms with van der Waals surface area (Å²) in [7, 11) is 0. The quantitative estimate of drug-likeness (QED) is 0.659. The molecule has 5 unspecified atom stereocenters. The molecule has 0 amide bonds. The molecule has 2 saturated carbocycles. The Morgan fingerprint density at radius 2 is 2.00 bits per heavy atom. The highest BCUT2D eigenvalue weighted by molar-refractivity contribution is 4.90. The number of rotatable bonds is 8. The lowest BCUT2D eigenvalue weighted by Gasteiger charge is -2.26. The molecule has 2 fully saturated rings. The Morgan fingerprint density at radius 1 is 1.17 bits per heavy atom. The third-order valence-corrected chi connectivity index (χ3v) is 5.61.